The van der Waals surface area contributed by atoms with E-state index in [4.69, 9.17) is 0 Å². The van der Waals surface area contributed by atoms with E-state index in [1.807, 2.05) is 12.4 Å². The van der Waals surface area contributed by atoms with Crippen LogP contribution in [0.2, 0.25) is 0 Å². The number of nitrogens with zero attached hydrogens (tertiary/aromatic N) is 4. The third kappa shape index (κ3) is 3.93. The Morgan fingerprint density at radius 3 is 2.28 bits per heavy atom. The van der Waals surface area contributed by atoms with Gasteiger partial charge in [0.25, 0.3) is 0 Å². The van der Waals surface area contributed by atoms with Crippen LogP contribution in [-0.2, 0) is 19.6 Å². The van der Waals surface area contributed by atoms with E-state index in [-0.39, 0.29) is 0 Å². The molecule has 5 rings (SSSR count). The van der Waals surface area contributed by atoms with Crippen LogP contribution in [0, 0.1) is 0 Å². The minimum absolute atomic E-state index is 0.829. The zero-order valence-electron chi connectivity index (χ0n) is 16.3. The maximum atomic E-state index is 4.18. The molecule has 0 bridgehead atoms. The van der Waals surface area contributed by atoms with E-state index in [1.54, 1.807) is 12.7 Å². The maximum Gasteiger partial charge on any atom is 0.0922 e. The zero-order valence-corrected chi connectivity index (χ0v) is 16.3. The van der Waals surface area contributed by atoms with Crippen LogP contribution < -0.4 is 4.90 Å². The van der Waals surface area contributed by atoms with E-state index >= 15 is 0 Å². The van der Waals surface area contributed by atoms with Gasteiger partial charge in [-0.15, -0.1) is 0 Å². The standard InChI is InChI=1S/C23H24N6/c1-2-4-18(5-3-1)19-6-7-23-20(10-19)13-28(14-21-11-24-16-26-21)8-9-29(23)15-22-12-25-17-27-22/h1-7,10-12,16-17H,8-9,13-15H2,(H,24,26)(H,25,27). The van der Waals surface area contributed by atoms with Crippen LogP contribution in [-0.4, -0.2) is 37.9 Å². The van der Waals surface area contributed by atoms with E-state index in [2.05, 4.69) is 78.3 Å². The molecular weight excluding hydrogens is 360 g/mol. The highest BCUT2D eigenvalue weighted by Gasteiger charge is 2.21. The van der Waals surface area contributed by atoms with Gasteiger partial charge in [-0.3, -0.25) is 4.90 Å². The monoisotopic (exact) mass is 384 g/mol. The summed E-state index contributed by atoms with van der Waals surface area (Å²) in [5, 5.41) is 0. The lowest BCUT2D eigenvalue weighted by molar-refractivity contribution is 0.265. The van der Waals surface area contributed by atoms with Crippen molar-refractivity contribution >= 4 is 5.69 Å². The average Bonchev–Trinajstić information content (AvgIpc) is 3.43. The molecule has 0 atom stereocenters. The van der Waals surface area contributed by atoms with Crippen molar-refractivity contribution in [2.75, 3.05) is 18.0 Å². The molecule has 2 aromatic heterocycles. The van der Waals surface area contributed by atoms with E-state index in [1.165, 1.54) is 22.4 Å². The van der Waals surface area contributed by atoms with Gasteiger partial charge < -0.3 is 14.9 Å². The molecule has 3 heterocycles. The number of hydrogen-bond donors (Lipinski definition) is 2. The molecule has 0 unspecified atom stereocenters. The van der Waals surface area contributed by atoms with Crippen molar-refractivity contribution in [1.29, 1.82) is 0 Å². The van der Waals surface area contributed by atoms with Gasteiger partial charge in [0.15, 0.2) is 0 Å². The summed E-state index contributed by atoms with van der Waals surface area (Å²) in [6.45, 7) is 4.56. The van der Waals surface area contributed by atoms with E-state index in [9.17, 15) is 0 Å². The summed E-state index contributed by atoms with van der Waals surface area (Å²) in [6.07, 6.45) is 7.32. The van der Waals surface area contributed by atoms with Crippen LogP contribution in [0.3, 0.4) is 0 Å². The lowest BCUT2D eigenvalue weighted by Crippen LogP contribution is -2.31. The molecule has 2 N–H and O–H groups in total. The van der Waals surface area contributed by atoms with E-state index < -0.39 is 0 Å². The SMILES string of the molecule is c1ccc(-c2ccc3c(c2)CN(Cc2cnc[nH]2)CCN3Cc2cnc[nH]2)cc1. The highest BCUT2D eigenvalue weighted by Crippen LogP contribution is 2.31. The van der Waals surface area contributed by atoms with Crippen molar-refractivity contribution in [2.45, 2.75) is 19.6 Å². The molecule has 2 aromatic carbocycles. The number of hydrogen-bond acceptors (Lipinski definition) is 4. The fraction of sp³-hybridized carbons (Fsp3) is 0.217. The summed E-state index contributed by atoms with van der Waals surface area (Å²) < 4.78 is 0. The lowest BCUT2D eigenvalue weighted by Gasteiger charge is -2.24. The summed E-state index contributed by atoms with van der Waals surface area (Å²) in [5.41, 5.74) is 7.43. The number of imidazole rings is 2. The second-order valence-corrected chi connectivity index (χ2v) is 7.50. The Balaban J connectivity index is 1.48. The molecule has 6 heteroatoms. The smallest absolute Gasteiger partial charge is 0.0922 e. The number of nitrogens with one attached hydrogen (secondary N) is 2. The second-order valence-electron chi connectivity index (χ2n) is 7.50. The molecule has 0 aliphatic carbocycles. The fourth-order valence-corrected chi connectivity index (χ4v) is 4.02. The number of aromatic amines is 2. The molecule has 1 aliphatic heterocycles. The number of fused-ring (bicyclic) bond motifs is 1. The molecule has 4 aromatic rings. The highest BCUT2D eigenvalue weighted by atomic mass is 15.2. The van der Waals surface area contributed by atoms with Crippen LogP contribution in [0.5, 0.6) is 0 Å². The number of rotatable bonds is 5. The van der Waals surface area contributed by atoms with Gasteiger partial charge in [0.05, 0.1) is 24.9 Å². The third-order valence-corrected chi connectivity index (χ3v) is 5.47. The van der Waals surface area contributed by atoms with Gasteiger partial charge in [-0.05, 0) is 28.8 Å². The molecule has 29 heavy (non-hydrogen) atoms. The quantitative estimate of drug-likeness (QED) is 0.549. The Bertz CT molecular complexity index is 1040. The summed E-state index contributed by atoms with van der Waals surface area (Å²) in [5.74, 6) is 0. The van der Waals surface area contributed by atoms with Crippen molar-refractivity contribution in [1.82, 2.24) is 24.8 Å². The molecule has 6 nitrogen and oxygen atoms in total. The number of benzene rings is 2. The molecule has 0 amide bonds. The Morgan fingerprint density at radius 2 is 1.55 bits per heavy atom. The summed E-state index contributed by atoms with van der Waals surface area (Å²) in [4.78, 5) is 19.8. The molecule has 0 saturated carbocycles. The van der Waals surface area contributed by atoms with Gasteiger partial charge in [-0.25, -0.2) is 9.97 Å². The van der Waals surface area contributed by atoms with Crippen LogP contribution in [0.1, 0.15) is 17.0 Å². The Labute approximate surface area is 170 Å². The number of aromatic nitrogens is 4. The third-order valence-electron chi connectivity index (χ3n) is 5.47. The summed E-state index contributed by atoms with van der Waals surface area (Å²) >= 11 is 0. The predicted octanol–water partition coefficient (Wildman–Crippen LogP) is 3.82. The first kappa shape index (κ1) is 17.7. The molecular formula is C23H24N6. The molecule has 0 fully saturated rings. The van der Waals surface area contributed by atoms with Gasteiger partial charge in [-0.1, -0.05) is 36.4 Å². The molecule has 0 radical (unpaired) electrons. The van der Waals surface area contributed by atoms with Gasteiger partial charge in [0.1, 0.15) is 0 Å². The molecule has 0 spiro atoms. The van der Waals surface area contributed by atoms with Crippen molar-refractivity contribution in [3.8, 4) is 11.1 Å². The zero-order chi connectivity index (χ0) is 19.5. The minimum Gasteiger partial charge on any atom is -0.364 e. The molecule has 0 saturated heterocycles. The van der Waals surface area contributed by atoms with Crippen molar-refractivity contribution in [3.63, 3.8) is 0 Å². The highest BCUT2D eigenvalue weighted by molar-refractivity contribution is 5.69. The van der Waals surface area contributed by atoms with Gasteiger partial charge in [-0.2, -0.15) is 0 Å². The Hall–Kier alpha value is -3.38. The van der Waals surface area contributed by atoms with Crippen molar-refractivity contribution in [2.24, 2.45) is 0 Å². The van der Waals surface area contributed by atoms with Gasteiger partial charge in [0, 0.05) is 50.0 Å². The van der Waals surface area contributed by atoms with E-state index in [0.717, 1.165) is 44.1 Å². The second kappa shape index (κ2) is 7.93. The van der Waals surface area contributed by atoms with Crippen LogP contribution in [0.4, 0.5) is 5.69 Å². The van der Waals surface area contributed by atoms with Crippen molar-refractivity contribution < 1.29 is 0 Å². The Morgan fingerprint density at radius 1 is 0.793 bits per heavy atom. The molecule has 146 valence electrons. The largest absolute Gasteiger partial charge is 0.364 e. The van der Waals surface area contributed by atoms with Crippen LogP contribution in [0.15, 0.2) is 73.6 Å². The number of anilines is 1. The fourth-order valence-electron chi connectivity index (χ4n) is 4.02. The topological polar surface area (TPSA) is 63.8 Å². The number of H-pyrrole nitrogens is 2. The van der Waals surface area contributed by atoms with Crippen LogP contribution >= 0.6 is 0 Å². The first-order valence-corrected chi connectivity index (χ1v) is 9.95. The van der Waals surface area contributed by atoms with E-state index in [0.29, 0.717) is 0 Å². The first-order chi connectivity index (χ1) is 14.3. The summed E-state index contributed by atoms with van der Waals surface area (Å²) in [6, 6.07) is 17.4. The Kier molecular flexibility index (Phi) is 4.84. The van der Waals surface area contributed by atoms with Gasteiger partial charge >= 0.3 is 0 Å². The van der Waals surface area contributed by atoms with Crippen LogP contribution in [0.25, 0.3) is 11.1 Å². The normalized spacial score (nSPS) is 14.6. The summed E-state index contributed by atoms with van der Waals surface area (Å²) in [7, 11) is 0. The average molecular weight is 384 g/mol. The first-order valence-electron chi connectivity index (χ1n) is 9.95. The van der Waals surface area contributed by atoms with Gasteiger partial charge in [0.2, 0.25) is 0 Å². The minimum atomic E-state index is 0.829. The molecule has 1 aliphatic rings. The van der Waals surface area contributed by atoms with Crippen molar-refractivity contribution in [3.05, 3.63) is 90.5 Å². The lowest BCUT2D eigenvalue weighted by atomic mass is 10.0. The predicted molar refractivity (Wildman–Crippen MR) is 114 cm³/mol. The maximum absolute atomic E-state index is 4.18.